The van der Waals surface area contributed by atoms with Crippen molar-refractivity contribution in [2.24, 2.45) is 10.7 Å². The van der Waals surface area contributed by atoms with E-state index in [9.17, 15) is 18.0 Å². The number of aliphatic imine (C=N–C) groups is 1. The van der Waals surface area contributed by atoms with Crippen molar-refractivity contribution in [3.05, 3.63) is 76.5 Å². The van der Waals surface area contributed by atoms with Gasteiger partial charge in [0, 0.05) is 30.8 Å². The van der Waals surface area contributed by atoms with Crippen molar-refractivity contribution in [1.29, 1.82) is 0 Å². The van der Waals surface area contributed by atoms with E-state index in [1.54, 1.807) is 53.4 Å². The van der Waals surface area contributed by atoms with Crippen molar-refractivity contribution in [2.45, 2.75) is 12.6 Å². The number of rotatable bonds is 4. The minimum Gasteiger partial charge on any atom is -0.395 e. The number of allylic oxidation sites excluding steroid dienone is 2. The summed E-state index contributed by atoms with van der Waals surface area (Å²) in [6.45, 7) is 2.83. The molecule has 0 bridgehead atoms. The molecule has 0 radical (unpaired) electrons. The number of amides is 1. The van der Waals surface area contributed by atoms with Gasteiger partial charge in [0.1, 0.15) is 5.70 Å². The van der Waals surface area contributed by atoms with Crippen LogP contribution < -0.4 is 11.1 Å². The Bertz CT molecular complexity index is 979. The fourth-order valence-corrected chi connectivity index (χ4v) is 3.27. The van der Waals surface area contributed by atoms with E-state index >= 15 is 0 Å². The minimum atomic E-state index is -4.70. The van der Waals surface area contributed by atoms with Gasteiger partial charge in [0.05, 0.1) is 16.4 Å². The van der Waals surface area contributed by atoms with Gasteiger partial charge in [-0.05, 0) is 43.3 Å². The highest BCUT2D eigenvalue weighted by Gasteiger charge is 2.31. The summed E-state index contributed by atoms with van der Waals surface area (Å²) in [5.41, 5.74) is 5.07. The molecule has 0 spiro atoms. The van der Waals surface area contributed by atoms with E-state index in [0.717, 1.165) is 25.6 Å². The SMILES string of the molecule is NC(=CC(=Nc1ccccc1Cl)c1ccc(C(=O)N2CCCNCC2)cc1)C(F)(F)F. The van der Waals surface area contributed by atoms with E-state index in [-0.39, 0.29) is 11.6 Å². The summed E-state index contributed by atoms with van der Waals surface area (Å²) in [5, 5.41) is 3.53. The third-order valence-electron chi connectivity index (χ3n) is 4.77. The molecule has 1 aliphatic rings. The molecule has 1 aliphatic heterocycles. The van der Waals surface area contributed by atoms with Crippen LogP contribution in [-0.2, 0) is 0 Å². The van der Waals surface area contributed by atoms with Crippen LogP contribution in [0.15, 0.2) is 65.3 Å². The maximum Gasteiger partial charge on any atom is 0.430 e. The average molecular weight is 451 g/mol. The predicted molar refractivity (Wildman–Crippen MR) is 116 cm³/mol. The smallest absolute Gasteiger partial charge is 0.395 e. The zero-order chi connectivity index (χ0) is 22.4. The molecular formula is C22H22ClF3N4O. The molecule has 1 amide bonds. The second-order valence-electron chi connectivity index (χ2n) is 7.02. The Balaban J connectivity index is 1.94. The van der Waals surface area contributed by atoms with Gasteiger partial charge in [-0.15, -0.1) is 0 Å². The summed E-state index contributed by atoms with van der Waals surface area (Å²) in [5.74, 6) is -0.120. The summed E-state index contributed by atoms with van der Waals surface area (Å²) < 4.78 is 39.1. The number of hydrogen-bond donors (Lipinski definition) is 2. The first-order valence-corrected chi connectivity index (χ1v) is 10.1. The number of hydrogen-bond acceptors (Lipinski definition) is 4. The van der Waals surface area contributed by atoms with E-state index in [4.69, 9.17) is 17.3 Å². The topological polar surface area (TPSA) is 70.7 Å². The van der Waals surface area contributed by atoms with Gasteiger partial charge >= 0.3 is 6.18 Å². The Labute approximate surface area is 183 Å². The van der Waals surface area contributed by atoms with Crippen LogP contribution in [0, 0.1) is 0 Å². The van der Waals surface area contributed by atoms with Crippen molar-refractivity contribution in [3.63, 3.8) is 0 Å². The van der Waals surface area contributed by atoms with Gasteiger partial charge in [-0.3, -0.25) is 4.79 Å². The quantitative estimate of drug-likeness (QED) is 0.682. The lowest BCUT2D eigenvalue weighted by atomic mass is 10.1. The van der Waals surface area contributed by atoms with Crippen LogP contribution in [0.1, 0.15) is 22.3 Å². The molecule has 0 aromatic heterocycles. The number of benzene rings is 2. The van der Waals surface area contributed by atoms with Crippen LogP contribution in [0.25, 0.3) is 0 Å². The van der Waals surface area contributed by atoms with Crippen molar-refractivity contribution >= 4 is 28.9 Å². The van der Waals surface area contributed by atoms with Crippen LogP contribution >= 0.6 is 11.6 Å². The maximum absolute atomic E-state index is 13.0. The van der Waals surface area contributed by atoms with Gasteiger partial charge in [0.2, 0.25) is 0 Å². The number of nitrogens with zero attached hydrogens (tertiary/aromatic N) is 2. The Morgan fingerprint density at radius 1 is 1.06 bits per heavy atom. The number of carbonyl (C=O) groups is 1. The molecule has 31 heavy (non-hydrogen) atoms. The monoisotopic (exact) mass is 450 g/mol. The van der Waals surface area contributed by atoms with E-state index < -0.39 is 11.9 Å². The molecule has 3 rings (SSSR count). The Morgan fingerprint density at radius 2 is 1.74 bits per heavy atom. The third kappa shape index (κ3) is 6.08. The maximum atomic E-state index is 13.0. The van der Waals surface area contributed by atoms with Gasteiger partial charge in [-0.25, -0.2) is 4.99 Å². The molecule has 9 heteroatoms. The highest BCUT2D eigenvalue weighted by molar-refractivity contribution is 6.33. The first kappa shape index (κ1) is 22.8. The van der Waals surface area contributed by atoms with Crippen LogP contribution in [-0.4, -0.2) is 48.9 Å². The molecular weight excluding hydrogens is 429 g/mol. The molecule has 3 N–H and O–H groups in total. The molecule has 2 aromatic rings. The minimum absolute atomic E-state index is 0.0131. The van der Waals surface area contributed by atoms with Crippen molar-refractivity contribution in [2.75, 3.05) is 26.2 Å². The largest absolute Gasteiger partial charge is 0.430 e. The van der Waals surface area contributed by atoms with E-state index in [1.807, 2.05) is 0 Å². The fourth-order valence-electron chi connectivity index (χ4n) is 3.10. The molecule has 0 aliphatic carbocycles. The molecule has 164 valence electrons. The Hall–Kier alpha value is -2.84. The molecule has 1 fully saturated rings. The summed E-state index contributed by atoms with van der Waals surface area (Å²) >= 11 is 6.11. The molecule has 5 nitrogen and oxygen atoms in total. The highest BCUT2D eigenvalue weighted by atomic mass is 35.5. The molecule has 0 saturated carbocycles. The highest BCUT2D eigenvalue weighted by Crippen LogP contribution is 2.27. The fraction of sp³-hybridized carbons (Fsp3) is 0.273. The molecule has 0 unspecified atom stereocenters. The predicted octanol–water partition coefficient (Wildman–Crippen LogP) is 4.30. The van der Waals surface area contributed by atoms with Gasteiger partial charge < -0.3 is 16.0 Å². The van der Waals surface area contributed by atoms with Crippen molar-refractivity contribution in [1.82, 2.24) is 10.2 Å². The molecule has 2 aromatic carbocycles. The first-order chi connectivity index (χ1) is 14.8. The first-order valence-electron chi connectivity index (χ1n) is 9.74. The van der Waals surface area contributed by atoms with Gasteiger partial charge in [0.15, 0.2) is 0 Å². The van der Waals surface area contributed by atoms with Crippen molar-refractivity contribution in [3.8, 4) is 0 Å². The third-order valence-corrected chi connectivity index (χ3v) is 5.09. The summed E-state index contributed by atoms with van der Waals surface area (Å²) in [6.07, 6.45) is -3.07. The lowest BCUT2D eigenvalue weighted by Gasteiger charge is -2.20. The van der Waals surface area contributed by atoms with Crippen LogP contribution in [0.2, 0.25) is 5.02 Å². The number of carbonyl (C=O) groups excluding carboxylic acids is 1. The van der Waals surface area contributed by atoms with Crippen LogP contribution in [0.4, 0.5) is 18.9 Å². The number of halogens is 4. The standard InChI is InChI=1S/C22H22ClF3N4O/c23-17-4-1-2-5-18(17)29-19(14-20(27)22(24,25)26)15-6-8-16(9-7-15)21(31)30-12-3-10-28-11-13-30/h1-2,4-9,14,28H,3,10-13,27H2. The van der Waals surface area contributed by atoms with E-state index in [2.05, 4.69) is 10.3 Å². The lowest BCUT2D eigenvalue weighted by molar-refractivity contribution is -0.0925. The van der Waals surface area contributed by atoms with Crippen LogP contribution in [0.3, 0.4) is 0 Å². The lowest BCUT2D eigenvalue weighted by Crippen LogP contribution is -2.34. The zero-order valence-corrected chi connectivity index (χ0v) is 17.4. The second kappa shape index (κ2) is 9.98. The zero-order valence-electron chi connectivity index (χ0n) is 16.6. The Kier molecular flexibility index (Phi) is 7.35. The number of nitrogens with one attached hydrogen (secondary N) is 1. The number of alkyl halides is 3. The average Bonchev–Trinajstić information content (AvgIpc) is 3.03. The van der Waals surface area contributed by atoms with E-state index in [0.29, 0.717) is 34.9 Å². The van der Waals surface area contributed by atoms with Gasteiger partial charge in [-0.2, -0.15) is 13.2 Å². The number of para-hydroxylation sites is 1. The summed E-state index contributed by atoms with van der Waals surface area (Å²) in [7, 11) is 0. The second-order valence-corrected chi connectivity index (χ2v) is 7.43. The van der Waals surface area contributed by atoms with Crippen molar-refractivity contribution < 1.29 is 18.0 Å². The number of nitrogens with two attached hydrogens (primary N) is 1. The van der Waals surface area contributed by atoms with Crippen LogP contribution in [0.5, 0.6) is 0 Å². The summed E-state index contributed by atoms with van der Waals surface area (Å²) in [4.78, 5) is 18.8. The van der Waals surface area contributed by atoms with Gasteiger partial charge in [-0.1, -0.05) is 35.9 Å². The molecule has 1 saturated heterocycles. The normalized spacial score (nSPS) is 16.2. The Morgan fingerprint density at radius 3 is 2.42 bits per heavy atom. The van der Waals surface area contributed by atoms with Gasteiger partial charge in [0.25, 0.3) is 5.91 Å². The molecule has 0 atom stereocenters. The molecule has 1 heterocycles. The van der Waals surface area contributed by atoms with E-state index in [1.165, 1.54) is 0 Å². The summed E-state index contributed by atoms with van der Waals surface area (Å²) in [6, 6.07) is 12.8.